The van der Waals surface area contributed by atoms with Crippen molar-refractivity contribution in [2.45, 2.75) is 43.9 Å². The first-order chi connectivity index (χ1) is 27.2. The Labute approximate surface area is 318 Å². The molecule has 4 heterocycles. The van der Waals surface area contributed by atoms with Crippen LogP contribution in [0.2, 0.25) is 0 Å². The molecule has 0 unspecified atom stereocenters. The van der Waals surface area contributed by atoms with Gasteiger partial charge in [-0.15, -0.1) is 0 Å². The van der Waals surface area contributed by atoms with E-state index in [0.717, 1.165) is 73.5 Å². The highest BCUT2D eigenvalue weighted by Crippen LogP contribution is 2.61. The summed E-state index contributed by atoms with van der Waals surface area (Å²) in [5.41, 5.74) is 10.7. The van der Waals surface area contributed by atoms with Gasteiger partial charge in [0, 0.05) is 37.9 Å². The number of nitrogens with zero attached hydrogens (tertiary/aromatic N) is 3. The second-order valence-corrected chi connectivity index (χ2v) is 17.0. The molecule has 0 N–H and O–H groups in total. The van der Waals surface area contributed by atoms with E-state index in [1.165, 1.54) is 71.1 Å². The molecule has 0 aliphatic heterocycles. The molecule has 0 atom stereocenters. The molecule has 14 rings (SSSR count). The minimum atomic E-state index is 0.331. The number of para-hydroxylation sites is 4. The first-order valence-electron chi connectivity index (χ1n) is 20.1. The molecule has 0 spiro atoms. The third-order valence-corrected chi connectivity index (χ3v) is 13.9. The molecule has 4 nitrogen and oxygen atoms in total. The smallest absolute Gasteiger partial charge is 0.143 e. The van der Waals surface area contributed by atoms with Gasteiger partial charge in [0.2, 0.25) is 0 Å². The topological polar surface area (TPSA) is 35.9 Å². The normalized spacial score (nSPS) is 22.0. The summed E-state index contributed by atoms with van der Waals surface area (Å²) in [6, 6.07) is 53.2. The summed E-state index contributed by atoms with van der Waals surface area (Å²) in [4.78, 5) is 5.54. The fraction of sp³-hybridized carbons (Fsp3) is 0.196. The first kappa shape index (κ1) is 30.2. The van der Waals surface area contributed by atoms with Crippen molar-refractivity contribution in [3.8, 4) is 22.8 Å². The molecule has 4 aliphatic carbocycles. The molecule has 4 aliphatic rings. The van der Waals surface area contributed by atoms with Gasteiger partial charge in [-0.3, -0.25) is 9.13 Å². The minimum Gasteiger partial charge on any atom is -0.455 e. The predicted molar refractivity (Wildman–Crippen MR) is 225 cm³/mol. The third-order valence-electron chi connectivity index (χ3n) is 13.9. The van der Waals surface area contributed by atoms with Gasteiger partial charge < -0.3 is 4.42 Å². The maximum Gasteiger partial charge on any atom is 0.143 e. The highest BCUT2D eigenvalue weighted by Gasteiger charge is 2.51. The number of fused-ring (bicyclic) bond motifs is 9. The molecule has 0 saturated heterocycles. The Balaban J connectivity index is 0.986. The fourth-order valence-electron chi connectivity index (χ4n) is 12.0. The zero-order chi connectivity index (χ0) is 35.8. The van der Waals surface area contributed by atoms with Gasteiger partial charge in [0.25, 0.3) is 0 Å². The van der Waals surface area contributed by atoms with Crippen molar-refractivity contribution < 1.29 is 4.42 Å². The molecule has 10 aromatic rings. The summed E-state index contributed by atoms with van der Waals surface area (Å²) in [6.07, 6.45) is 8.46. The average molecular weight is 710 g/mol. The van der Waals surface area contributed by atoms with Crippen molar-refractivity contribution >= 4 is 65.6 Å². The van der Waals surface area contributed by atoms with Crippen molar-refractivity contribution in [2.75, 3.05) is 0 Å². The molecule has 4 aromatic heterocycles. The van der Waals surface area contributed by atoms with Crippen LogP contribution in [0, 0.1) is 17.8 Å². The molecule has 0 radical (unpaired) electrons. The van der Waals surface area contributed by atoms with Gasteiger partial charge in [-0.05, 0) is 121 Å². The predicted octanol–water partition coefficient (Wildman–Crippen LogP) is 13.3. The van der Waals surface area contributed by atoms with Gasteiger partial charge in [-0.1, -0.05) is 97.1 Å². The average Bonchev–Trinajstić information content (AvgIpc) is 3.88. The van der Waals surface area contributed by atoms with Crippen LogP contribution in [0.3, 0.4) is 0 Å². The summed E-state index contributed by atoms with van der Waals surface area (Å²) >= 11 is 0. The lowest BCUT2D eigenvalue weighted by Crippen LogP contribution is -2.48. The molecule has 4 bridgehead atoms. The number of hydrogen-bond donors (Lipinski definition) is 0. The Hall–Kier alpha value is -6.13. The number of pyridine rings is 1. The van der Waals surface area contributed by atoms with Crippen molar-refractivity contribution in [2.24, 2.45) is 17.8 Å². The summed E-state index contributed by atoms with van der Waals surface area (Å²) in [7, 11) is 0. The summed E-state index contributed by atoms with van der Waals surface area (Å²) < 4.78 is 11.2. The van der Waals surface area contributed by atoms with Gasteiger partial charge >= 0.3 is 0 Å². The van der Waals surface area contributed by atoms with E-state index in [2.05, 4.69) is 149 Å². The van der Waals surface area contributed by atoms with Crippen LogP contribution in [0.4, 0.5) is 0 Å². The van der Waals surface area contributed by atoms with Crippen LogP contribution >= 0.6 is 0 Å². The van der Waals surface area contributed by atoms with Gasteiger partial charge in [-0.25, -0.2) is 4.98 Å². The standard InChI is InChI=1S/C51H39N3O/c1-4-14-43-37(9-1)39-21-20-35(51-28-31-23-32(29-51)25-33(24-31)30-51)27-46(39)54(43)49-18-8-17-48(52-49)53-44-15-5-2-10-38(44)42-26-34(19-22-45(42)53)36-12-7-13-41-40-11-3-6-16-47(40)55-50(36)41/h1-22,26-27,31-33H,23-25,28-30H2. The monoisotopic (exact) mass is 709 g/mol. The van der Waals surface area contributed by atoms with Crippen LogP contribution in [0.1, 0.15) is 44.1 Å². The first-order valence-corrected chi connectivity index (χ1v) is 20.1. The fourth-order valence-corrected chi connectivity index (χ4v) is 12.0. The van der Waals surface area contributed by atoms with Gasteiger partial charge in [0.1, 0.15) is 22.8 Å². The van der Waals surface area contributed by atoms with Crippen molar-refractivity contribution in [1.82, 2.24) is 14.1 Å². The van der Waals surface area contributed by atoms with E-state index in [1.807, 2.05) is 6.07 Å². The Bertz CT molecular complexity index is 3170. The maximum absolute atomic E-state index is 6.47. The molecule has 6 aromatic carbocycles. The lowest BCUT2D eigenvalue weighted by Gasteiger charge is -2.57. The van der Waals surface area contributed by atoms with E-state index in [4.69, 9.17) is 9.40 Å². The molecule has 55 heavy (non-hydrogen) atoms. The van der Waals surface area contributed by atoms with E-state index in [1.54, 1.807) is 5.56 Å². The van der Waals surface area contributed by atoms with Gasteiger partial charge in [0.15, 0.2) is 0 Å². The third kappa shape index (κ3) is 4.25. The quantitative estimate of drug-likeness (QED) is 0.182. The number of aromatic nitrogens is 3. The van der Waals surface area contributed by atoms with Gasteiger partial charge in [0.05, 0.1) is 22.1 Å². The lowest BCUT2D eigenvalue weighted by molar-refractivity contribution is -0.00513. The highest BCUT2D eigenvalue weighted by atomic mass is 16.3. The highest BCUT2D eigenvalue weighted by molar-refractivity contribution is 6.13. The van der Waals surface area contributed by atoms with E-state index in [-0.39, 0.29) is 0 Å². The van der Waals surface area contributed by atoms with E-state index in [0.29, 0.717) is 5.41 Å². The van der Waals surface area contributed by atoms with E-state index >= 15 is 0 Å². The summed E-state index contributed by atoms with van der Waals surface area (Å²) in [5, 5.41) is 7.29. The van der Waals surface area contributed by atoms with Crippen LogP contribution in [0.15, 0.2) is 150 Å². The van der Waals surface area contributed by atoms with Crippen LogP contribution in [0.5, 0.6) is 0 Å². The van der Waals surface area contributed by atoms with Crippen molar-refractivity contribution in [3.05, 3.63) is 151 Å². The number of rotatable bonds is 4. The molecule has 0 amide bonds. The van der Waals surface area contributed by atoms with Gasteiger partial charge in [-0.2, -0.15) is 0 Å². The lowest BCUT2D eigenvalue weighted by atomic mass is 9.48. The zero-order valence-electron chi connectivity index (χ0n) is 30.6. The molecule has 4 fully saturated rings. The van der Waals surface area contributed by atoms with E-state index < -0.39 is 0 Å². The summed E-state index contributed by atoms with van der Waals surface area (Å²) in [5.74, 6) is 4.59. The number of hydrogen-bond acceptors (Lipinski definition) is 2. The number of furan rings is 1. The van der Waals surface area contributed by atoms with Crippen LogP contribution < -0.4 is 0 Å². The van der Waals surface area contributed by atoms with Crippen LogP contribution in [0.25, 0.3) is 88.3 Å². The number of benzene rings is 6. The molecular formula is C51H39N3O. The van der Waals surface area contributed by atoms with Crippen LogP contribution in [-0.4, -0.2) is 14.1 Å². The second-order valence-electron chi connectivity index (χ2n) is 17.0. The van der Waals surface area contributed by atoms with Crippen LogP contribution in [-0.2, 0) is 5.41 Å². The molecule has 264 valence electrons. The zero-order valence-corrected chi connectivity index (χ0v) is 30.6. The van der Waals surface area contributed by atoms with Crippen molar-refractivity contribution in [1.29, 1.82) is 0 Å². The Morgan fingerprint density at radius 3 is 1.80 bits per heavy atom. The molecule has 4 heteroatoms. The van der Waals surface area contributed by atoms with Crippen molar-refractivity contribution in [3.63, 3.8) is 0 Å². The Morgan fingerprint density at radius 2 is 1.05 bits per heavy atom. The largest absolute Gasteiger partial charge is 0.455 e. The second kappa shape index (κ2) is 11.0. The summed E-state index contributed by atoms with van der Waals surface area (Å²) in [6.45, 7) is 0. The maximum atomic E-state index is 6.47. The molecule has 4 saturated carbocycles. The SMILES string of the molecule is c1cc(-n2c3ccccc3c3cc(-c4cccc5c4oc4ccccc45)ccc32)nc(-n2c3ccccc3c3ccc(C45CC6CC(CC(C6)C4)C5)cc32)c1. The molecular weight excluding hydrogens is 671 g/mol. The Morgan fingerprint density at radius 1 is 0.473 bits per heavy atom. The minimum absolute atomic E-state index is 0.331. The van der Waals surface area contributed by atoms with E-state index in [9.17, 15) is 0 Å². The Kier molecular flexibility index (Phi) is 6.03.